The van der Waals surface area contributed by atoms with Crippen molar-refractivity contribution in [3.05, 3.63) is 66.4 Å². The van der Waals surface area contributed by atoms with Gasteiger partial charge in [-0.1, -0.05) is 12.1 Å². The van der Waals surface area contributed by atoms with Gasteiger partial charge in [-0.3, -0.25) is 4.79 Å². The molecule has 0 unspecified atom stereocenters. The van der Waals surface area contributed by atoms with Gasteiger partial charge in [0.05, 0.1) is 11.8 Å². The molecule has 2 aromatic carbocycles. The number of ether oxygens (including phenoxy) is 1. The first-order chi connectivity index (χ1) is 13.3. The molecule has 146 valence electrons. The average molecular weight is 394 g/mol. The molecule has 3 aromatic rings. The zero-order valence-corrected chi connectivity index (χ0v) is 14.3. The molecule has 28 heavy (non-hydrogen) atoms. The van der Waals surface area contributed by atoms with Crippen molar-refractivity contribution in [2.75, 3.05) is 5.32 Å². The third kappa shape index (κ3) is 5.32. The molecule has 0 radical (unpaired) electrons. The highest BCUT2D eigenvalue weighted by Crippen LogP contribution is 2.25. The van der Waals surface area contributed by atoms with Crippen molar-refractivity contribution in [1.82, 2.24) is 4.98 Å². The summed E-state index contributed by atoms with van der Waals surface area (Å²) in [6.07, 6.45) is -3.19. The SMILES string of the molecule is O=C(CCc1ncc(-c2ccccc2F)o1)Nc1ccc(OC(F)(F)F)cc1. The minimum atomic E-state index is -4.78. The molecule has 0 saturated carbocycles. The molecule has 0 atom stereocenters. The Morgan fingerprint density at radius 3 is 2.50 bits per heavy atom. The molecule has 1 aromatic heterocycles. The van der Waals surface area contributed by atoms with E-state index in [-0.39, 0.29) is 41.7 Å². The quantitative estimate of drug-likeness (QED) is 0.601. The minimum Gasteiger partial charge on any atom is -0.441 e. The van der Waals surface area contributed by atoms with Crippen LogP contribution >= 0.6 is 0 Å². The lowest BCUT2D eigenvalue weighted by molar-refractivity contribution is -0.274. The van der Waals surface area contributed by atoms with Gasteiger partial charge in [0, 0.05) is 18.5 Å². The predicted octanol–water partition coefficient (Wildman–Crippen LogP) is 4.95. The van der Waals surface area contributed by atoms with E-state index in [9.17, 15) is 22.4 Å². The first kappa shape index (κ1) is 19.4. The molecule has 0 aliphatic carbocycles. The maximum atomic E-state index is 13.7. The molecule has 1 amide bonds. The number of benzene rings is 2. The summed E-state index contributed by atoms with van der Waals surface area (Å²) < 4.78 is 59.3. The van der Waals surface area contributed by atoms with Crippen molar-refractivity contribution in [2.45, 2.75) is 19.2 Å². The van der Waals surface area contributed by atoms with Gasteiger partial charge in [0.25, 0.3) is 0 Å². The molecule has 0 aliphatic rings. The third-order valence-electron chi connectivity index (χ3n) is 3.63. The minimum absolute atomic E-state index is 0.0258. The monoisotopic (exact) mass is 394 g/mol. The van der Waals surface area contributed by atoms with Crippen LogP contribution in [0.5, 0.6) is 5.75 Å². The number of nitrogens with zero attached hydrogens (tertiary/aromatic N) is 1. The first-order valence-electron chi connectivity index (χ1n) is 8.15. The number of amides is 1. The highest BCUT2D eigenvalue weighted by molar-refractivity contribution is 5.90. The van der Waals surface area contributed by atoms with Crippen molar-refractivity contribution >= 4 is 11.6 Å². The number of aromatic nitrogens is 1. The molecule has 5 nitrogen and oxygen atoms in total. The van der Waals surface area contributed by atoms with E-state index in [4.69, 9.17) is 4.42 Å². The predicted molar refractivity (Wildman–Crippen MR) is 92.0 cm³/mol. The van der Waals surface area contributed by atoms with Crippen LogP contribution in [0, 0.1) is 5.82 Å². The van der Waals surface area contributed by atoms with Crippen LogP contribution in [0.25, 0.3) is 11.3 Å². The first-order valence-corrected chi connectivity index (χ1v) is 8.15. The van der Waals surface area contributed by atoms with Gasteiger partial charge in [0.1, 0.15) is 11.6 Å². The van der Waals surface area contributed by atoms with Crippen LogP contribution < -0.4 is 10.1 Å². The number of aryl methyl sites for hydroxylation is 1. The second-order valence-electron chi connectivity index (χ2n) is 5.72. The molecule has 1 heterocycles. The Hall–Kier alpha value is -3.36. The van der Waals surface area contributed by atoms with E-state index in [2.05, 4.69) is 15.0 Å². The van der Waals surface area contributed by atoms with Gasteiger partial charge in [-0.15, -0.1) is 13.2 Å². The number of carbonyl (C=O) groups excluding carboxylic acids is 1. The smallest absolute Gasteiger partial charge is 0.441 e. The zero-order valence-electron chi connectivity index (χ0n) is 14.3. The summed E-state index contributed by atoms with van der Waals surface area (Å²) in [6, 6.07) is 10.9. The normalized spacial score (nSPS) is 11.3. The number of rotatable bonds is 6. The van der Waals surface area contributed by atoms with E-state index in [1.807, 2.05) is 0 Å². The highest BCUT2D eigenvalue weighted by atomic mass is 19.4. The van der Waals surface area contributed by atoms with Gasteiger partial charge in [-0.25, -0.2) is 9.37 Å². The lowest BCUT2D eigenvalue weighted by Gasteiger charge is -2.09. The molecule has 0 aliphatic heterocycles. The lowest BCUT2D eigenvalue weighted by atomic mass is 10.2. The fourth-order valence-corrected chi connectivity index (χ4v) is 2.40. The second-order valence-corrected chi connectivity index (χ2v) is 5.72. The van der Waals surface area contributed by atoms with Gasteiger partial charge in [0.2, 0.25) is 5.91 Å². The number of halogens is 4. The summed E-state index contributed by atoms with van der Waals surface area (Å²) in [5.74, 6) is -0.682. The standard InChI is InChI=1S/C19H14F4N2O3/c20-15-4-2-1-3-14(15)16-11-24-18(27-16)10-9-17(26)25-12-5-7-13(8-6-12)28-19(21,22)23/h1-8,11H,9-10H2,(H,25,26). The van der Waals surface area contributed by atoms with Gasteiger partial charge in [-0.05, 0) is 36.4 Å². The summed E-state index contributed by atoms with van der Waals surface area (Å²) in [5.41, 5.74) is 0.589. The van der Waals surface area contributed by atoms with Crippen molar-refractivity contribution in [3.8, 4) is 17.1 Å². The Labute approximate surface area is 157 Å². The van der Waals surface area contributed by atoms with E-state index in [0.717, 1.165) is 12.1 Å². The fraction of sp³-hybridized carbons (Fsp3) is 0.158. The van der Waals surface area contributed by atoms with Crippen molar-refractivity contribution in [2.24, 2.45) is 0 Å². The fourth-order valence-electron chi connectivity index (χ4n) is 2.40. The average Bonchev–Trinajstić information content (AvgIpc) is 3.10. The van der Waals surface area contributed by atoms with Crippen molar-refractivity contribution < 1.29 is 31.5 Å². The Kier molecular flexibility index (Phi) is 5.62. The number of alkyl halides is 3. The van der Waals surface area contributed by atoms with Crippen LogP contribution in [0.4, 0.5) is 23.2 Å². The highest BCUT2D eigenvalue weighted by Gasteiger charge is 2.30. The van der Waals surface area contributed by atoms with Crippen LogP contribution in [0.3, 0.4) is 0 Å². The van der Waals surface area contributed by atoms with Crippen LogP contribution in [-0.4, -0.2) is 17.3 Å². The Morgan fingerprint density at radius 1 is 1.11 bits per heavy atom. The van der Waals surface area contributed by atoms with E-state index in [1.54, 1.807) is 18.2 Å². The molecule has 9 heteroatoms. The van der Waals surface area contributed by atoms with Crippen LogP contribution in [-0.2, 0) is 11.2 Å². The summed E-state index contributed by atoms with van der Waals surface area (Å²) in [5, 5.41) is 2.54. The summed E-state index contributed by atoms with van der Waals surface area (Å²) in [4.78, 5) is 16.0. The number of hydrogen-bond donors (Lipinski definition) is 1. The number of oxazole rings is 1. The Bertz CT molecular complexity index is 952. The summed E-state index contributed by atoms with van der Waals surface area (Å²) in [7, 11) is 0. The molecule has 3 rings (SSSR count). The molecule has 0 bridgehead atoms. The van der Waals surface area contributed by atoms with E-state index < -0.39 is 12.2 Å². The molecule has 0 saturated heterocycles. The number of nitrogens with one attached hydrogen (secondary N) is 1. The summed E-state index contributed by atoms with van der Waals surface area (Å²) in [6.45, 7) is 0. The third-order valence-corrected chi connectivity index (χ3v) is 3.63. The van der Waals surface area contributed by atoms with Crippen molar-refractivity contribution in [1.29, 1.82) is 0 Å². The Morgan fingerprint density at radius 2 is 1.82 bits per heavy atom. The van der Waals surface area contributed by atoms with Crippen LogP contribution in [0.15, 0.2) is 59.1 Å². The topological polar surface area (TPSA) is 64.4 Å². The Balaban J connectivity index is 1.53. The molecule has 0 fully saturated rings. The van der Waals surface area contributed by atoms with Gasteiger partial charge in [0.15, 0.2) is 11.7 Å². The summed E-state index contributed by atoms with van der Waals surface area (Å²) >= 11 is 0. The maximum Gasteiger partial charge on any atom is 0.573 e. The largest absolute Gasteiger partial charge is 0.573 e. The van der Waals surface area contributed by atoms with Crippen molar-refractivity contribution in [3.63, 3.8) is 0 Å². The zero-order chi connectivity index (χ0) is 20.1. The van der Waals surface area contributed by atoms with E-state index in [1.165, 1.54) is 24.4 Å². The van der Waals surface area contributed by atoms with E-state index >= 15 is 0 Å². The van der Waals surface area contributed by atoms with Gasteiger partial charge < -0.3 is 14.5 Å². The molecular formula is C19H14F4N2O3. The molecular weight excluding hydrogens is 380 g/mol. The van der Waals surface area contributed by atoms with Crippen LogP contribution in [0.1, 0.15) is 12.3 Å². The van der Waals surface area contributed by atoms with Gasteiger partial charge >= 0.3 is 6.36 Å². The maximum absolute atomic E-state index is 13.7. The van der Waals surface area contributed by atoms with Gasteiger partial charge in [-0.2, -0.15) is 0 Å². The number of anilines is 1. The van der Waals surface area contributed by atoms with Crippen LogP contribution in [0.2, 0.25) is 0 Å². The lowest BCUT2D eigenvalue weighted by Crippen LogP contribution is -2.17. The molecule has 1 N–H and O–H groups in total. The molecule has 0 spiro atoms. The number of carbonyl (C=O) groups is 1. The number of hydrogen-bond acceptors (Lipinski definition) is 4. The van der Waals surface area contributed by atoms with E-state index in [0.29, 0.717) is 5.69 Å². The second kappa shape index (κ2) is 8.12.